The van der Waals surface area contributed by atoms with Crippen LogP contribution in [0.1, 0.15) is 97.8 Å². The Kier molecular flexibility index (Phi) is 8.60. The van der Waals surface area contributed by atoms with Gasteiger partial charge in [-0.1, -0.05) is 20.8 Å². The number of fused-ring (bicyclic) bond motifs is 5. The molecular formula is C29H51N3O4. The molecule has 0 unspecified atom stereocenters. The summed E-state index contributed by atoms with van der Waals surface area (Å²) >= 11 is 0. The number of unbranched alkanes of at least 4 members (excludes halogenated alkanes) is 1. The summed E-state index contributed by atoms with van der Waals surface area (Å²) in [4.78, 5) is 23.1. The lowest BCUT2D eigenvalue weighted by Gasteiger charge is -2.62. The van der Waals surface area contributed by atoms with Crippen LogP contribution in [0.5, 0.6) is 0 Å². The van der Waals surface area contributed by atoms with Crippen molar-refractivity contribution in [3.8, 4) is 0 Å². The van der Waals surface area contributed by atoms with E-state index in [0.29, 0.717) is 54.5 Å². The van der Waals surface area contributed by atoms with Crippen LogP contribution in [-0.2, 0) is 4.79 Å². The number of carbonyl (C=O) groups is 2. The Morgan fingerprint density at radius 3 is 2.31 bits per heavy atom. The number of aliphatic hydroxyl groups excluding tert-OH is 2. The number of rotatable bonds is 9. The molecule has 7 nitrogen and oxygen atoms in total. The van der Waals surface area contributed by atoms with Crippen LogP contribution in [0.15, 0.2) is 0 Å². The van der Waals surface area contributed by atoms with E-state index in [4.69, 9.17) is 5.73 Å². The van der Waals surface area contributed by atoms with Crippen molar-refractivity contribution in [2.45, 2.75) is 110 Å². The number of hydrogen-bond acceptors (Lipinski definition) is 4. The molecule has 6 N–H and O–H groups in total. The van der Waals surface area contributed by atoms with Crippen molar-refractivity contribution in [3.05, 3.63) is 0 Å². The third kappa shape index (κ3) is 5.43. The van der Waals surface area contributed by atoms with Crippen LogP contribution >= 0.6 is 0 Å². The van der Waals surface area contributed by atoms with Gasteiger partial charge in [0.15, 0.2) is 0 Å². The molecule has 4 aliphatic carbocycles. The zero-order valence-corrected chi connectivity index (χ0v) is 22.8. The minimum Gasteiger partial charge on any atom is -0.393 e. The molecule has 4 saturated carbocycles. The number of carbonyl (C=O) groups excluding carboxylic acids is 2. The zero-order chi connectivity index (χ0) is 26.1. The Balaban J connectivity index is 1.29. The van der Waals surface area contributed by atoms with E-state index in [1.54, 1.807) is 0 Å². The van der Waals surface area contributed by atoms with Crippen molar-refractivity contribution < 1.29 is 19.8 Å². The highest BCUT2D eigenvalue weighted by molar-refractivity contribution is 5.75. The van der Waals surface area contributed by atoms with Gasteiger partial charge in [0.05, 0.1) is 12.2 Å². The Bertz CT molecular complexity index is 792. The number of aliphatic hydroxyl groups is 2. The first-order chi connectivity index (χ1) is 17.1. The fourth-order valence-corrected chi connectivity index (χ4v) is 9.59. The maximum atomic E-state index is 12.4. The first kappa shape index (κ1) is 27.7. The van der Waals surface area contributed by atoms with Crippen LogP contribution in [0.2, 0.25) is 0 Å². The third-order valence-electron chi connectivity index (χ3n) is 11.5. The molecule has 0 aromatic carbocycles. The lowest BCUT2D eigenvalue weighted by molar-refractivity contribution is -0.172. The van der Waals surface area contributed by atoms with Crippen LogP contribution in [0.4, 0.5) is 4.79 Å². The summed E-state index contributed by atoms with van der Waals surface area (Å²) in [7, 11) is 0. The van der Waals surface area contributed by atoms with E-state index >= 15 is 0 Å². The summed E-state index contributed by atoms with van der Waals surface area (Å²) < 4.78 is 0. The van der Waals surface area contributed by atoms with Gasteiger partial charge in [-0.15, -0.1) is 0 Å². The summed E-state index contributed by atoms with van der Waals surface area (Å²) in [6.45, 7) is 8.48. The highest BCUT2D eigenvalue weighted by Gasteiger charge is 2.62. The molecule has 4 aliphatic rings. The number of nitrogens with one attached hydrogen (secondary N) is 2. The predicted octanol–water partition coefficient (Wildman–Crippen LogP) is 3.96. The molecular weight excluding hydrogens is 454 g/mol. The molecule has 0 aromatic rings. The van der Waals surface area contributed by atoms with E-state index in [1.807, 2.05) is 0 Å². The van der Waals surface area contributed by atoms with Gasteiger partial charge in [-0.05, 0) is 117 Å². The van der Waals surface area contributed by atoms with Crippen molar-refractivity contribution in [1.82, 2.24) is 10.6 Å². The van der Waals surface area contributed by atoms with E-state index in [1.165, 1.54) is 25.7 Å². The molecule has 0 radical (unpaired) electrons. The van der Waals surface area contributed by atoms with Crippen molar-refractivity contribution in [1.29, 1.82) is 0 Å². The summed E-state index contributed by atoms with van der Waals surface area (Å²) in [6, 6.07) is -0.503. The summed E-state index contributed by atoms with van der Waals surface area (Å²) in [5.41, 5.74) is 5.54. The maximum Gasteiger partial charge on any atom is 0.312 e. The second-order valence-electron chi connectivity index (χ2n) is 13.3. The molecule has 3 amide bonds. The van der Waals surface area contributed by atoms with E-state index < -0.39 is 6.03 Å². The number of hydrogen-bond donors (Lipinski definition) is 5. The fraction of sp³-hybridized carbons (Fsp3) is 0.931. The molecule has 4 rings (SSSR count). The van der Waals surface area contributed by atoms with Crippen LogP contribution < -0.4 is 16.4 Å². The number of primary amides is 1. The quantitative estimate of drug-likeness (QED) is 0.304. The molecule has 0 aliphatic heterocycles. The van der Waals surface area contributed by atoms with Gasteiger partial charge in [-0.2, -0.15) is 0 Å². The number of amides is 3. The fourth-order valence-electron chi connectivity index (χ4n) is 9.59. The minimum atomic E-state index is -0.503. The second-order valence-corrected chi connectivity index (χ2v) is 13.3. The van der Waals surface area contributed by atoms with Gasteiger partial charge in [0, 0.05) is 19.5 Å². The molecule has 36 heavy (non-hydrogen) atoms. The van der Waals surface area contributed by atoms with Gasteiger partial charge < -0.3 is 26.6 Å². The van der Waals surface area contributed by atoms with Crippen molar-refractivity contribution in [2.24, 2.45) is 52.1 Å². The lowest BCUT2D eigenvalue weighted by Crippen LogP contribution is -2.58. The lowest BCUT2D eigenvalue weighted by atomic mass is 9.44. The summed E-state index contributed by atoms with van der Waals surface area (Å²) in [5, 5.41) is 27.1. The standard InChI is InChI=1S/C29H51N3O4/c1-18(6-9-26(35)31-14-4-5-15-32-27(30)36)21-7-8-22-20-17-25(34)24-16-19(33)10-12-29(24,3)23(20)11-13-28(21,22)2/h18-25,33-34H,4-17H2,1-3H3,(H,31,35)(H3,30,32,36)/t18-,19-,20+,21-,22+,23+,24+,25+,28-,29-/m0/s1. The average molecular weight is 506 g/mol. The molecule has 206 valence electrons. The maximum absolute atomic E-state index is 12.4. The van der Waals surface area contributed by atoms with E-state index in [0.717, 1.165) is 44.9 Å². The van der Waals surface area contributed by atoms with Crippen molar-refractivity contribution >= 4 is 11.9 Å². The molecule has 0 saturated heterocycles. The van der Waals surface area contributed by atoms with Crippen LogP contribution in [0.3, 0.4) is 0 Å². The monoisotopic (exact) mass is 505 g/mol. The summed E-state index contributed by atoms with van der Waals surface area (Å²) in [5.74, 6) is 3.48. The van der Waals surface area contributed by atoms with E-state index in [-0.39, 0.29) is 29.4 Å². The molecule has 0 heterocycles. The van der Waals surface area contributed by atoms with Crippen molar-refractivity contribution in [3.63, 3.8) is 0 Å². The molecule has 4 fully saturated rings. The number of nitrogens with two attached hydrogens (primary N) is 1. The largest absolute Gasteiger partial charge is 0.393 e. The van der Waals surface area contributed by atoms with Gasteiger partial charge in [0.1, 0.15) is 0 Å². The molecule has 0 bridgehead atoms. The Labute approximate surface area is 217 Å². The first-order valence-electron chi connectivity index (χ1n) is 14.7. The Hall–Kier alpha value is -1.34. The topological polar surface area (TPSA) is 125 Å². The predicted molar refractivity (Wildman–Crippen MR) is 141 cm³/mol. The average Bonchev–Trinajstić information content (AvgIpc) is 3.18. The van der Waals surface area contributed by atoms with Crippen LogP contribution in [0.25, 0.3) is 0 Å². The van der Waals surface area contributed by atoms with Gasteiger partial charge in [-0.3, -0.25) is 4.79 Å². The highest BCUT2D eigenvalue weighted by Crippen LogP contribution is 2.68. The van der Waals surface area contributed by atoms with E-state index in [9.17, 15) is 19.8 Å². The van der Waals surface area contributed by atoms with Crippen molar-refractivity contribution in [2.75, 3.05) is 13.1 Å². The Morgan fingerprint density at radius 1 is 0.917 bits per heavy atom. The van der Waals surface area contributed by atoms with Crippen LogP contribution in [0, 0.1) is 46.3 Å². The molecule has 0 spiro atoms. The van der Waals surface area contributed by atoms with Crippen LogP contribution in [-0.4, -0.2) is 47.4 Å². The second kappa shape index (κ2) is 11.2. The third-order valence-corrected chi connectivity index (χ3v) is 11.5. The van der Waals surface area contributed by atoms with Gasteiger partial charge in [0.2, 0.25) is 5.91 Å². The highest BCUT2D eigenvalue weighted by atomic mass is 16.3. The van der Waals surface area contributed by atoms with Gasteiger partial charge in [0.25, 0.3) is 0 Å². The Morgan fingerprint density at radius 2 is 1.58 bits per heavy atom. The smallest absolute Gasteiger partial charge is 0.312 e. The summed E-state index contributed by atoms with van der Waals surface area (Å²) in [6.07, 6.45) is 11.3. The molecule has 7 heteroatoms. The SMILES string of the molecule is C[C@@H](CCC(=O)NCCCCNC(N)=O)[C@@H]1CC[C@@H]2[C@H]3C[C@@H](O)[C@H]4C[C@@H](O)CC[C@@]4(C)[C@@H]3CC[C@]21C. The van der Waals surface area contributed by atoms with Gasteiger partial charge in [-0.25, -0.2) is 4.79 Å². The molecule has 10 atom stereocenters. The minimum absolute atomic E-state index is 0.127. The normalized spacial score (nSPS) is 42.5. The number of urea groups is 1. The molecule has 0 aromatic heterocycles. The zero-order valence-electron chi connectivity index (χ0n) is 22.8. The van der Waals surface area contributed by atoms with Gasteiger partial charge >= 0.3 is 6.03 Å². The first-order valence-corrected chi connectivity index (χ1v) is 14.7. The van der Waals surface area contributed by atoms with E-state index in [2.05, 4.69) is 31.4 Å².